The fourth-order valence-electron chi connectivity index (χ4n) is 1.16. The summed E-state index contributed by atoms with van der Waals surface area (Å²) >= 11 is 0. The summed E-state index contributed by atoms with van der Waals surface area (Å²) in [5.41, 5.74) is 3.22. The van der Waals surface area contributed by atoms with Gasteiger partial charge in [0.15, 0.2) is 0 Å². The molecule has 0 radical (unpaired) electrons. The second-order valence-corrected chi connectivity index (χ2v) is 2.34. The predicted octanol–water partition coefficient (Wildman–Crippen LogP) is 2.48. The third kappa shape index (κ3) is 0.947. The molecular formula is C9H11N. The van der Waals surface area contributed by atoms with Crippen LogP contribution in [0.2, 0.25) is 0 Å². The molecule has 0 saturated heterocycles. The Labute approximate surface area is 61.5 Å². The van der Waals surface area contributed by atoms with E-state index in [1.807, 2.05) is 6.08 Å². The van der Waals surface area contributed by atoms with Crippen LogP contribution in [0.1, 0.15) is 12.8 Å². The zero-order valence-corrected chi connectivity index (χ0v) is 6.06. The number of nitrogens with zero attached hydrogens (tertiary/aromatic N) is 1. The number of rotatable bonds is 2. The number of hydrogen-bond acceptors (Lipinski definition) is 1. The monoisotopic (exact) mass is 133 g/mol. The van der Waals surface area contributed by atoms with Crippen molar-refractivity contribution in [3.05, 3.63) is 36.1 Å². The molecule has 1 nitrogen and oxygen atoms in total. The van der Waals surface area contributed by atoms with Crippen LogP contribution in [-0.2, 0) is 0 Å². The highest BCUT2D eigenvalue weighted by Crippen LogP contribution is 2.30. The zero-order valence-electron chi connectivity index (χ0n) is 6.06. The molecule has 0 unspecified atom stereocenters. The molecule has 0 fully saturated rings. The Hall–Kier alpha value is -1.11. The van der Waals surface area contributed by atoms with Crippen molar-refractivity contribution >= 4 is 6.72 Å². The molecule has 0 aromatic rings. The lowest BCUT2D eigenvalue weighted by Crippen LogP contribution is -1.76. The van der Waals surface area contributed by atoms with Crippen molar-refractivity contribution in [3.63, 3.8) is 0 Å². The molecule has 0 atom stereocenters. The number of allylic oxidation sites excluding steroid dienone is 3. The van der Waals surface area contributed by atoms with E-state index in [4.69, 9.17) is 0 Å². The van der Waals surface area contributed by atoms with Gasteiger partial charge in [0.1, 0.15) is 0 Å². The first kappa shape index (κ1) is 7.00. The van der Waals surface area contributed by atoms with E-state index < -0.39 is 0 Å². The molecule has 0 saturated carbocycles. The lowest BCUT2D eigenvalue weighted by atomic mass is 10.2. The first-order valence-electron chi connectivity index (χ1n) is 3.30. The van der Waals surface area contributed by atoms with Gasteiger partial charge in [-0.3, -0.25) is 4.99 Å². The maximum atomic E-state index is 3.88. The van der Waals surface area contributed by atoms with Gasteiger partial charge in [-0.15, -0.1) is 0 Å². The summed E-state index contributed by atoms with van der Waals surface area (Å²) in [6, 6.07) is 0. The van der Waals surface area contributed by atoms with E-state index in [1.54, 1.807) is 0 Å². The standard InChI is InChI=1S/C9H11N/c1-4-8-6-5-7(2)9(8)10-3/h4H,1-3,5-6H2. The predicted molar refractivity (Wildman–Crippen MR) is 45.1 cm³/mol. The fourth-order valence-corrected chi connectivity index (χ4v) is 1.16. The van der Waals surface area contributed by atoms with E-state index in [9.17, 15) is 0 Å². The highest BCUT2D eigenvalue weighted by molar-refractivity contribution is 5.47. The van der Waals surface area contributed by atoms with E-state index in [0.29, 0.717) is 0 Å². The minimum atomic E-state index is 0.954. The zero-order chi connectivity index (χ0) is 7.56. The Kier molecular flexibility index (Phi) is 1.86. The lowest BCUT2D eigenvalue weighted by Gasteiger charge is -1.94. The third-order valence-electron chi connectivity index (χ3n) is 1.74. The Bertz CT molecular complexity index is 221. The SMILES string of the molecule is C=CC1=C(N=C)C(=C)CC1. The summed E-state index contributed by atoms with van der Waals surface area (Å²) in [5.74, 6) is 0. The molecule has 0 N–H and O–H groups in total. The molecular weight excluding hydrogens is 122 g/mol. The maximum Gasteiger partial charge on any atom is 0.0680 e. The second kappa shape index (κ2) is 2.65. The highest BCUT2D eigenvalue weighted by Gasteiger charge is 2.13. The van der Waals surface area contributed by atoms with Crippen LogP contribution in [0.25, 0.3) is 0 Å². The topological polar surface area (TPSA) is 12.4 Å². The Balaban J connectivity index is 3.02. The smallest absolute Gasteiger partial charge is 0.0680 e. The van der Waals surface area contributed by atoms with Crippen LogP contribution in [0.15, 0.2) is 41.1 Å². The van der Waals surface area contributed by atoms with Crippen molar-refractivity contribution in [2.75, 3.05) is 0 Å². The van der Waals surface area contributed by atoms with Crippen LogP contribution in [0.5, 0.6) is 0 Å². The van der Waals surface area contributed by atoms with Gasteiger partial charge in [-0.05, 0) is 30.7 Å². The van der Waals surface area contributed by atoms with Gasteiger partial charge in [0.25, 0.3) is 0 Å². The first-order valence-corrected chi connectivity index (χ1v) is 3.30. The number of aliphatic imine (C=N–C) groups is 1. The Morgan fingerprint density at radius 3 is 2.50 bits per heavy atom. The Morgan fingerprint density at radius 2 is 2.10 bits per heavy atom. The summed E-state index contributed by atoms with van der Waals surface area (Å²) in [6.07, 6.45) is 3.87. The molecule has 52 valence electrons. The highest BCUT2D eigenvalue weighted by atomic mass is 14.7. The number of hydrogen-bond donors (Lipinski definition) is 0. The minimum Gasteiger partial charge on any atom is -0.264 e. The fraction of sp³-hybridized carbons (Fsp3) is 0.222. The molecule has 0 amide bonds. The summed E-state index contributed by atoms with van der Waals surface area (Å²) in [4.78, 5) is 3.88. The van der Waals surface area contributed by atoms with E-state index >= 15 is 0 Å². The maximum absolute atomic E-state index is 3.88. The van der Waals surface area contributed by atoms with Crippen molar-refractivity contribution in [1.29, 1.82) is 0 Å². The first-order chi connectivity index (χ1) is 4.79. The molecule has 1 aliphatic carbocycles. The van der Waals surface area contributed by atoms with Crippen molar-refractivity contribution in [1.82, 2.24) is 0 Å². The van der Waals surface area contributed by atoms with Gasteiger partial charge in [-0.25, -0.2) is 0 Å². The van der Waals surface area contributed by atoms with Gasteiger partial charge >= 0.3 is 0 Å². The van der Waals surface area contributed by atoms with Gasteiger partial charge in [0, 0.05) is 0 Å². The van der Waals surface area contributed by atoms with Gasteiger partial charge in [0.2, 0.25) is 0 Å². The molecule has 0 aliphatic heterocycles. The second-order valence-electron chi connectivity index (χ2n) is 2.34. The third-order valence-corrected chi connectivity index (χ3v) is 1.74. The molecule has 0 aromatic carbocycles. The molecule has 0 bridgehead atoms. The summed E-state index contributed by atoms with van der Waals surface area (Å²) in [6.45, 7) is 11.0. The quantitative estimate of drug-likeness (QED) is 0.513. The van der Waals surface area contributed by atoms with E-state index in [-0.39, 0.29) is 0 Å². The van der Waals surface area contributed by atoms with E-state index in [1.165, 1.54) is 5.57 Å². The summed E-state index contributed by atoms with van der Waals surface area (Å²) < 4.78 is 0. The van der Waals surface area contributed by atoms with Crippen molar-refractivity contribution in [3.8, 4) is 0 Å². The molecule has 1 aliphatic rings. The van der Waals surface area contributed by atoms with Crippen LogP contribution >= 0.6 is 0 Å². The van der Waals surface area contributed by atoms with E-state index in [2.05, 4.69) is 24.9 Å². The molecule has 10 heavy (non-hydrogen) atoms. The van der Waals surface area contributed by atoms with Crippen molar-refractivity contribution in [2.45, 2.75) is 12.8 Å². The molecule has 0 heterocycles. The van der Waals surface area contributed by atoms with Gasteiger partial charge in [0.05, 0.1) is 5.70 Å². The van der Waals surface area contributed by atoms with Gasteiger partial charge < -0.3 is 0 Å². The lowest BCUT2D eigenvalue weighted by molar-refractivity contribution is 1.03. The molecule has 1 rings (SSSR count). The van der Waals surface area contributed by atoms with Crippen LogP contribution in [0, 0.1) is 0 Å². The molecule has 1 heteroatoms. The summed E-state index contributed by atoms with van der Waals surface area (Å²) in [7, 11) is 0. The largest absolute Gasteiger partial charge is 0.264 e. The minimum absolute atomic E-state index is 0.954. The van der Waals surface area contributed by atoms with Gasteiger partial charge in [-0.1, -0.05) is 19.2 Å². The summed E-state index contributed by atoms with van der Waals surface area (Å²) in [5, 5.41) is 0. The van der Waals surface area contributed by atoms with Crippen molar-refractivity contribution in [2.24, 2.45) is 4.99 Å². The Morgan fingerprint density at radius 1 is 1.40 bits per heavy atom. The van der Waals surface area contributed by atoms with Crippen LogP contribution < -0.4 is 0 Å². The van der Waals surface area contributed by atoms with Crippen LogP contribution in [-0.4, -0.2) is 6.72 Å². The average Bonchev–Trinajstić information content (AvgIpc) is 2.30. The van der Waals surface area contributed by atoms with Gasteiger partial charge in [-0.2, -0.15) is 0 Å². The molecule has 0 aromatic heterocycles. The molecule has 0 spiro atoms. The average molecular weight is 133 g/mol. The van der Waals surface area contributed by atoms with Crippen LogP contribution in [0.4, 0.5) is 0 Å². The van der Waals surface area contributed by atoms with Crippen LogP contribution in [0.3, 0.4) is 0 Å². The normalized spacial score (nSPS) is 17.8. The van der Waals surface area contributed by atoms with Crippen molar-refractivity contribution < 1.29 is 0 Å². The van der Waals surface area contributed by atoms with E-state index in [0.717, 1.165) is 24.1 Å².